The van der Waals surface area contributed by atoms with Gasteiger partial charge in [0.15, 0.2) is 5.78 Å². The summed E-state index contributed by atoms with van der Waals surface area (Å²) in [4.78, 5) is 23.8. The fourth-order valence-electron chi connectivity index (χ4n) is 1.77. The molecule has 2 aromatic carbocycles. The molecule has 1 amide bonds. The SMILES string of the molecule is CC(=O)c1ccccc1N(S)C(=O)c1ccccc1. The number of para-hydroxylation sites is 1. The molecule has 0 bridgehead atoms. The zero-order valence-corrected chi connectivity index (χ0v) is 11.3. The van der Waals surface area contributed by atoms with E-state index in [2.05, 4.69) is 12.8 Å². The summed E-state index contributed by atoms with van der Waals surface area (Å²) in [6, 6.07) is 15.7. The van der Waals surface area contributed by atoms with Gasteiger partial charge in [0.05, 0.1) is 5.69 Å². The molecule has 0 spiro atoms. The van der Waals surface area contributed by atoms with Crippen LogP contribution in [-0.2, 0) is 0 Å². The monoisotopic (exact) mass is 271 g/mol. The van der Waals surface area contributed by atoms with Gasteiger partial charge in [-0.15, -0.1) is 0 Å². The fraction of sp³-hybridized carbons (Fsp3) is 0.0667. The van der Waals surface area contributed by atoms with Gasteiger partial charge in [-0.1, -0.05) is 43.1 Å². The van der Waals surface area contributed by atoms with Crippen LogP contribution in [0.1, 0.15) is 27.6 Å². The molecule has 3 nitrogen and oxygen atoms in total. The van der Waals surface area contributed by atoms with E-state index < -0.39 is 0 Å². The number of hydrogen-bond donors (Lipinski definition) is 1. The Morgan fingerprint density at radius 2 is 1.53 bits per heavy atom. The average molecular weight is 271 g/mol. The minimum absolute atomic E-state index is 0.101. The summed E-state index contributed by atoms with van der Waals surface area (Å²) in [6.07, 6.45) is 0. The average Bonchev–Trinajstić information content (AvgIpc) is 2.46. The molecule has 0 saturated heterocycles. The van der Waals surface area contributed by atoms with Crippen LogP contribution in [0.3, 0.4) is 0 Å². The quantitative estimate of drug-likeness (QED) is 0.686. The van der Waals surface area contributed by atoms with Gasteiger partial charge < -0.3 is 0 Å². The molecule has 0 radical (unpaired) electrons. The lowest BCUT2D eigenvalue weighted by Crippen LogP contribution is -2.22. The number of amides is 1. The number of carbonyl (C=O) groups excluding carboxylic acids is 2. The van der Waals surface area contributed by atoms with Crippen LogP contribution in [0.5, 0.6) is 0 Å². The van der Waals surface area contributed by atoms with Crippen molar-refractivity contribution in [1.82, 2.24) is 0 Å². The number of benzene rings is 2. The first-order valence-electron chi connectivity index (χ1n) is 5.79. The van der Waals surface area contributed by atoms with Crippen molar-refractivity contribution in [3.63, 3.8) is 0 Å². The Hall–Kier alpha value is -2.07. The fourth-order valence-corrected chi connectivity index (χ4v) is 2.06. The maximum Gasteiger partial charge on any atom is 0.268 e. The molecule has 0 atom stereocenters. The lowest BCUT2D eigenvalue weighted by atomic mass is 10.1. The third-order valence-corrected chi connectivity index (χ3v) is 3.12. The van der Waals surface area contributed by atoms with Gasteiger partial charge in [0.2, 0.25) is 0 Å². The molecule has 2 aromatic rings. The van der Waals surface area contributed by atoms with E-state index in [0.29, 0.717) is 16.8 Å². The van der Waals surface area contributed by atoms with E-state index in [1.807, 2.05) is 6.07 Å². The van der Waals surface area contributed by atoms with Crippen LogP contribution >= 0.6 is 12.8 Å². The predicted octanol–water partition coefficient (Wildman–Crippen LogP) is 3.38. The topological polar surface area (TPSA) is 37.4 Å². The smallest absolute Gasteiger partial charge is 0.268 e. The molecule has 0 saturated carbocycles. The molecule has 0 N–H and O–H groups in total. The van der Waals surface area contributed by atoms with Crippen LogP contribution in [0.25, 0.3) is 0 Å². The van der Waals surface area contributed by atoms with E-state index in [0.717, 1.165) is 0 Å². The lowest BCUT2D eigenvalue weighted by molar-refractivity contribution is 0.101. The van der Waals surface area contributed by atoms with Crippen LogP contribution in [0.15, 0.2) is 54.6 Å². The highest BCUT2D eigenvalue weighted by Gasteiger charge is 2.18. The summed E-state index contributed by atoms with van der Waals surface area (Å²) in [7, 11) is 0. The number of carbonyl (C=O) groups is 2. The van der Waals surface area contributed by atoms with E-state index in [1.54, 1.807) is 48.5 Å². The van der Waals surface area contributed by atoms with E-state index >= 15 is 0 Å². The number of Topliss-reactive ketones (excluding diaryl/α,β-unsaturated/α-hetero) is 1. The molecule has 0 aromatic heterocycles. The van der Waals surface area contributed by atoms with Gasteiger partial charge in [-0.3, -0.25) is 13.9 Å². The van der Waals surface area contributed by atoms with E-state index in [9.17, 15) is 9.59 Å². The summed E-state index contributed by atoms with van der Waals surface area (Å²) < 4.78 is 1.20. The Balaban J connectivity index is 2.38. The number of rotatable bonds is 3. The number of ketones is 1. The minimum Gasteiger partial charge on any atom is -0.294 e. The van der Waals surface area contributed by atoms with Crippen molar-refractivity contribution in [1.29, 1.82) is 0 Å². The van der Waals surface area contributed by atoms with Gasteiger partial charge in [0.1, 0.15) is 0 Å². The third kappa shape index (κ3) is 2.85. The highest BCUT2D eigenvalue weighted by molar-refractivity contribution is 7.82. The van der Waals surface area contributed by atoms with Crippen molar-refractivity contribution in [2.24, 2.45) is 0 Å². The molecule has 0 aliphatic carbocycles. The van der Waals surface area contributed by atoms with Gasteiger partial charge in [-0.05, 0) is 31.2 Å². The molecule has 0 heterocycles. The molecule has 0 fully saturated rings. The standard InChI is InChI=1S/C15H13NO2S/c1-11(17)13-9-5-6-10-14(13)16(19)15(18)12-7-3-2-4-8-12/h2-10,19H,1H3. The number of anilines is 1. The number of thiol groups is 1. The molecule has 19 heavy (non-hydrogen) atoms. The molecule has 2 rings (SSSR count). The molecule has 96 valence electrons. The highest BCUT2D eigenvalue weighted by atomic mass is 32.1. The number of hydrogen-bond acceptors (Lipinski definition) is 3. The summed E-state index contributed by atoms with van der Waals surface area (Å²) in [5.74, 6) is -0.367. The van der Waals surface area contributed by atoms with Crippen molar-refractivity contribution < 1.29 is 9.59 Å². The molecule has 0 aliphatic rings. The highest BCUT2D eigenvalue weighted by Crippen LogP contribution is 2.24. The summed E-state index contributed by atoms with van der Waals surface area (Å²) in [5, 5.41) is 0. The van der Waals surface area contributed by atoms with Gasteiger partial charge in [-0.2, -0.15) is 0 Å². The van der Waals surface area contributed by atoms with Gasteiger partial charge in [0.25, 0.3) is 5.91 Å². The molecular weight excluding hydrogens is 258 g/mol. The second-order valence-corrected chi connectivity index (χ2v) is 4.46. The zero-order chi connectivity index (χ0) is 13.8. The van der Waals surface area contributed by atoms with Gasteiger partial charge >= 0.3 is 0 Å². The zero-order valence-electron chi connectivity index (χ0n) is 10.4. The Morgan fingerprint density at radius 1 is 0.947 bits per heavy atom. The summed E-state index contributed by atoms with van der Waals surface area (Å²) >= 11 is 4.22. The first kappa shape index (κ1) is 13.4. The minimum atomic E-state index is -0.266. The van der Waals surface area contributed by atoms with Crippen LogP contribution in [0.2, 0.25) is 0 Å². The lowest BCUT2D eigenvalue weighted by Gasteiger charge is -2.18. The molecule has 0 aliphatic heterocycles. The van der Waals surface area contributed by atoms with Gasteiger partial charge in [0, 0.05) is 11.1 Å². The van der Waals surface area contributed by atoms with Crippen LogP contribution < -0.4 is 4.31 Å². The normalized spacial score (nSPS) is 10.0. The van der Waals surface area contributed by atoms with Crippen LogP contribution in [0.4, 0.5) is 5.69 Å². The Bertz CT molecular complexity index is 611. The summed E-state index contributed by atoms with van der Waals surface area (Å²) in [6.45, 7) is 1.47. The first-order chi connectivity index (χ1) is 9.11. The molecular formula is C15H13NO2S. The Labute approximate surface area is 117 Å². The molecule has 0 unspecified atom stereocenters. The van der Waals surface area contributed by atoms with E-state index in [1.165, 1.54) is 11.2 Å². The van der Waals surface area contributed by atoms with Crippen molar-refractivity contribution >= 4 is 30.2 Å². The van der Waals surface area contributed by atoms with Crippen LogP contribution in [0, 0.1) is 0 Å². The molecule has 4 heteroatoms. The van der Waals surface area contributed by atoms with Crippen LogP contribution in [-0.4, -0.2) is 11.7 Å². The maximum absolute atomic E-state index is 12.3. The Morgan fingerprint density at radius 3 is 2.16 bits per heavy atom. The largest absolute Gasteiger partial charge is 0.294 e. The second kappa shape index (κ2) is 5.71. The number of nitrogens with zero attached hydrogens (tertiary/aromatic N) is 1. The van der Waals surface area contributed by atoms with Crippen molar-refractivity contribution in [2.45, 2.75) is 6.92 Å². The van der Waals surface area contributed by atoms with E-state index in [4.69, 9.17) is 0 Å². The second-order valence-electron chi connectivity index (χ2n) is 4.06. The first-order valence-corrected chi connectivity index (χ1v) is 6.19. The van der Waals surface area contributed by atoms with Crippen molar-refractivity contribution in [3.05, 3.63) is 65.7 Å². The van der Waals surface area contributed by atoms with E-state index in [-0.39, 0.29) is 11.7 Å². The third-order valence-electron chi connectivity index (χ3n) is 2.72. The maximum atomic E-state index is 12.3. The Kier molecular flexibility index (Phi) is 4.02. The summed E-state index contributed by atoms with van der Waals surface area (Å²) in [5.41, 5.74) is 1.49. The van der Waals surface area contributed by atoms with Crippen molar-refractivity contribution in [2.75, 3.05) is 4.31 Å². The predicted molar refractivity (Wildman–Crippen MR) is 78.7 cm³/mol. The van der Waals surface area contributed by atoms with Crippen molar-refractivity contribution in [3.8, 4) is 0 Å². The van der Waals surface area contributed by atoms with Gasteiger partial charge in [-0.25, -0.2) is 0 Å².